The minimum absolute atomic E-state index is 0.243. The molecule has 5 rings (SSSR count). The average Bonchev–Trinajstić information content (AvgIpc) is 3.38. The Morgan fingerprint density at radius 1 is 1.06 bits per heavy atom. The Morgan fingerprint density at radius 3 is 2.74 bits per heavy atom. The van der Waals surface area contributed by atoms with Crippen molar-refractivity contribution in [1.29, 1.82) is 0 Å². The fourth-order valence-electron chi connectivity index (χ4n) is 3.44. The van der Waals surface area contributed by atoms with E-state index in [4.69, 9.17) is 9.15 Å². The number of furan rings is 1. The van der Waals surface area contributed by atoms with Crippen LogP contribution < -0.4 is 10.1 Å². The molecule has 1 amide bonds. The van der Waals surface area contributed by atoms with Crippen LogP contribution in [0.2, 0.25) is 0 Å². The number of hydrogen-bond acceptors (Lipinski definition) is 6. The molecule has 154 valence electrons. The van der Waals surface area contributed by atoms with Crippen LogP contribution in [0, 0.1) is 6.92 Å². The van der Waals surface area contributed by atoms with E-state index in [2.05, 4.69) is 15.3 Å². The van der Waals surface area contributed by atoms with E-state index in [0.717, 1.165) is 32.6 Å². The van der Waals surface area contributed by atoms with Crippen molar-refractivity contribution >= 4 is 43.5 Å². The Bertz CT molecular complexity index is 1420. The monoisotopic (exact) mass is 429 g/mol. The van der Waals surface area contributed by atoms with E-state index < -0.39 is 0 Å². The van der Waals surface area contributed by atoms with Gasteiger partial charge in [0.15, 0.2) is 10.9 Å². The first-order chi connectivity index (χ1) is 15.1. The summed E-state index contributed by atoms with van der Waals surface area (Å²) in [6.45, 7) is 4.42. The number of anilines is 1. The summed E-state index contributed by atoms with van der Waals surface area (Å²) in [4.78, 5) is 22.4. The van der Waals surface area contributed by atoms with Gasteiger partial charge in [-0.3, -0.25) is 10.1 Å². The number of aromatic nitrogens is 2. The Morgan fingerprint density at radius 2 is 1.94 bits per heavy atom. The summed E-state index contributed by atoms with van der Waals surface area (Å²) in [7, 11) is 0. The van der Waals surface area contributed by atoms with Gasteiger partial charge in [0.25, 0.3) is 5.91 Å². The summed E-state index contributed by atoms with van der Waals surface area (Å²) in [5, 5.41) is 4.25. The molecule has 0 aliphatic heterocycles. The van der Waals surface area contributed by atoms with E-state index >= 15 is 0 Å². The average molecular weight is 430 g/mol. The summed E-state index contributed by atoms with van der Waals surface area (Å²) < 4.78 is 12.2. The lowest BCUT2D eigenvalue weighted by Crippen LogP contribution is -2.12. The van der Waals surface area contributed by atoms with Gasteiger partial charge < -0.3 is 9.15 Å². The van der Waals surface area contributed by atoms with Crippen LogP contribution in [0.5, 0.6) is 5.75 Å². The fourth-order valence-corrected chi connectivity index (χ4v) is 4.33. The molecule has 0 radical (unpaired) electrons. The first kappa shape index (κ1) is 19.3. The first-order valence-electron chi connectivity index (χ1n) is 9.92. The molecule has 2 aromatic carbocycles. The quantitative estimate of drug-likeness (QED) is 0.367. The molecule has 1 N–H and O–H groups in total. The van der Waals surface area contributed by atoms with Gasteiger partial charge in [0.1, 0.15) is 17.2 Å². The molecule has 0 unspecified atom stereocenters. The third kappa shape index (κ3) is 3.75. The van der Waals surface area contributed by atoms with Crippen LogP contribution in [0.3, 0.4) is 0 Å². The van der Waals surface area contributed by atoms with Crippen molar-refractivity contribution in [2.24, 2.45) is 0 Å². The predicted octanol–water partition coefficient (Wildman–Crippen LogP) is 6.06. The van der Waals surface area contributed by atoms with Gasteiger partial charge in [0.05, 0.1) is 27.9 Å². The molecule has 0 aliphatic rings. The predicted molar refractivity (Wildman–Crippen MR) is 123 cm³/mol. The topological polar surface area (TPSA) is 77.2 Å². The molecule has 0 fully saturated rings. The number of rotatable bonds is 5. The van der Waals surface area contributed by atoms with Crippen molar-refractivity contribution in [2.75, 3.05) is 11.9 Å². The van der Waals surface area contributed by atoms with Gasteiger partial charge in [0, 0.05) is 5.39 Å². The molecule has 6 nitrogen and oxygen atoms in total. The number of thiazole rings is 1. The molecule has 0 aliphatic carbocycles. The highest BCUT2D eigenvalue weighted by Gasteiger charge is 2.17. The lowest BCUT2D eigenvalue weighted by molar-refractivity contribution is 0.102. The number of benzene rings is 2. The largest absolute Gasteiger partial charge is 0.494 e. The fraction of sp³-hybridized carbons (Fsp3) is 0.125. The zero-order chi connectivity index (χ0) is 21.4. The second-order valence-electron chi connectivity index (χ2n) is 7.02. The van der Waals surface area contributed by atoms with Crippen molar-refractivity contribution < 1.29 is 13.9 Å². The van der Waals surface area contributed by atoms with Crippen molar-refractivity contribution in [3.63, 3.8) is 0 Å². The van der Waals surface area contributed by atoms with Gasteiger partial charge in [-0.25, -0.2) is 9.97 Å². The number of amides is 1. The van der Waals surface area contributed by atoms with Crippen molar-refractivity contribution in [1.82, 2.24) is 9.97 Å². The third-order valence-corrected chi connectivity index (χ3v) is 5.78. The summed E-state index contributed by atoms with van der Waals surface area (Å²) in [6, 6.07) is 18.8. The van der Waals surface area contributed by atoms with E-state index in [1.165, 1.54) is 11.3 Å². The normalized spacial score (nSPS) is 11.2. The molecule has 3 aromatic heterocycles. The number of carbonyl (C=O) groups excluding carboxylic acids is 1. The van der Waals surface area contributed by atoms with Crippen LogP contribution in [-0.4, -0.2) is 22.5 Å². The number of pyridine rings is 1. The lowest BCUT2D eigenvalue weighted by Gasteiger charge is -2.08. The van der Waals surface area contributed by atoms with Crippen molar-refractivity contribution in [3.8, 4) is 17.2 Å². The summed E-state index contributed by atoms with van der Waals surface area (Å²) >= 11 is 1.41. The number of hydrogen-bond donors (Lipinski definition) is 1. The van der Waals surface area contributed by atoms with Crippen LogP contribution in [0.25, 0.3) is 32.6 Å². The van der Waals surface area contributed by atoms with Crippen LogP contribution in [0.15, 0.2) is 65.1 Å². The molecular weight excluding hydrogens is 410 g/mol. The van der Waals surface area contributed by atoms with Gasteiger partial charge >= 0.3 is 0 Å². The maximum absolute atomic E-state index is 13.2. The van der Waals surface area contributed by atoms with Crippen LogP contribution >= 0.6 is 11.3 Å². The Balaban J connectivity index is 1.52. The Kier molecular flexibility index (Phi) is 4.88. The molecule has 0 spiro atoms. The molecule has 5 aromatic rings. The second-order valence-corrected chi connectivity index (χ2v) is 8.05. The van der Waals surface area contributed by atoms with Gasteiger partial charge in [0.2, 0.25) is 0 Å². The zero-order valence-corrected chi connectivity index (χ0v) is 17.8. The number of fused-ring (bicyclic) bond motifs is 2. The molecule has 0 saturated heterocycles. The Hall–Kier alpha value is -3.71. The van der Waals surface area contributed by atoms with E-state index in [-0.39, 0.29) is 5.91 Å². The van der Waals surface area contributed by atoms with Crippen LogP contribution in [0.4, 0.5) is 5.13 Å². The molecule has 3 heterocycles. The lowest BCUT2D eigenvalue weighted by atomic mass is 10.1. The molecular formula is C24H19N3O3S. The first-order valence-corrected chi connectivity index (χ1v) is 10.7. The summed E-state index contributed by atoms with van der Waals surface area (Å²) in [5.74, 6) is 1.96. The summed E-state index contributed by atoms with van der Waals surface area (Å²) in [6.07, 6.45) is 0. The highest BCUT2D eigenvalue weighted by Crippen LogP contribution is 2.31. The van der Waals surface area contributed by atoms with E-state index in [1.807, 2.05) is 68.4 Å². The van der Waals surface area contributed by atoms with Gasteiger partial charge in [-0.05, 0) is 56.3 Å². The number of aryl methyl sites for hydroxylation is 1. The van der Waals surface area contributed by atoms with Gasteiger partial charge in [-0.15, -0.1) is 0 Å². The maximum atomic E-state index is 13.2. The van der Waals surface area contributed by atoms with Crippen molar-refractivity contribution in [2.45, 2.75) is 13.8 Å². The van der Waals surface area contributed by atoms with E-state index in [1.54, 1.807) is 6.07 Å². The van der Waals surface area contributed by atoms with Crippen LogP contribution in [-0.2, 0) is 0 Å². The smallest absolute Gasteiger partial charge is 0.258 e. The van der Waals surface area contributed by atoms with Gasteiger partial charge in [-0.1, -0.05) is 29.5 Å². The number of para-hydroxylation sites is 1. The standard InChI is InChI=1S/C24H19N3O3S/c1-3-29-15-9-10-19-22(12-15)31-24(26-19)27-23(28)17-13-20(21-11-8-14(2)30-21)25-18-7-5-4-6-16(17)18/h4-13H,3H2,1-2H3,(H,26,27,28). The Labute approximate surface area is 182 Å². The number of carbonyl (C=O) groups is 1. The number of nitrogens with one attached hydrogen (secondary N) is 1. The molecule has 7 heteroatoms. The van der Waals surface area contributed by atoms with Gasteiger partial charge in [-0.2, -0.15) is 0 Å². The number of nitrogens with zero attached hydrogens (tertiary/aromatic N) is 2. The molecule has 31 heavy (non-hydrogen) atoms. The summed E-state index contributed by atoms with van der Waals surface area (Å²) in [5.41, 5.74) is 2.67. The number of ether oxygens (including phenoxy) is 1. The molecule has 0 atom stereocenters. The van der Waals surface area contributed by atoms with Crippen molar-refractivity contribution in [3.05, 3.63) is 72.0 Å². The van der Waals surface area contributed by atoms with E-state index in [9.17, 15) is 4.79 Å². The highest BCUT2D eigenvalue weighted by molar-refractivity contribution is 7.22. The minimum atomic E-state index is -0.243. The van der Waals surface area contributed by atoms with E-state index in [0.29, 0.717) is 28.8 Å². The second kappa shape index (κ2) is 7.85. The zero-order valence-electron chi connectivity index (χ0n) is 17.0. The molecule has 0 bridgehead atoms. The molecule has 0 saturated carbocycles. The third-order valence-electron chi connectivity index (χ3n) is 4.84. The SMILES string of the molecule is CCOc1ccc2nc(NC(=O)c3cc(-c4ccc(C)o4)nc4ccccc34)sc2c1. The highest BCUT2D eigenvalue weighted by atomic mass is 32.1. The van der Waals surface area contributed by atoms with Crippen LogP contribution in [0.1, 0.15) is 23.0 Å². The maximum Gasteiger partial charge on any atom is 0.258 e. The minimum Gasteiger partial charge on any atom is -0.494 e.